The summed E-state index contributed by atoms with van der Waals surface area (Å²) in [6, 6.07) is 2.06. The Bertz CT molecular complexity index is 804. The average molecular weight is 369 g/mol. The molecule has 7 nitrogen and oxygen atoms in total. The molecule has 1 saturated heterocycles. The molecule has 27 heavy (non-hydrogen) atoms. The Morgan fingerprint density at radius 1 is 1.22 bits per heavy atom. The summed E-state index contributed by atoms with van der Waals surface area (Å²) in [7, 11) is 0. The van der Waals surface area contributed by atoms with Gasteiger partial charge in [-0.25, -0.2) is 0 Å². The maximum atomic E-state index is 12.7. The zero-order valence-corrected chi connectivity index (χ0v) is 16.1. The molecule has 0 saturated carbocycles. The molecular formula is C20H27N5O2. The minimum Gasteiger partial charge on any atom is -0.476 e. The predicted molar refractivity (Wildman–Crippen MR) is 101 cm³/mol. The number of aryl methyl sites for hydroxylation is 4. The van der Waals surface area contributed by atoms with Crippen molar-refractivity contribution in [1.29, 1.82) is 0 Å². The molecule has 3 heterocycles. The number of hydrogen-bond donors (Lipinski definition) is 1. The average Bonchev–Trinajstić information content (AvgIpc) is 3.04. The van der Waals surface area contributed by atoms with Crippen LogP contribution >= 0.6 is 0 Å². The minimum atomic E-state index is 0.0821. The largest absolute Gasteiger partial charge is 0.476 e. The fourth-order valence-corrected chi connectivity index (χ4v) is 4.07. The van der Waals surface area contributed by atoms with Crippen LogP contribution < -0.4 is 4.74 Å². The molecule has 0 spiro atoms. The third-order valence-electron chi connectivity index (χ3n) is 5.76. The van der Waals surface area contributed by atoms with E-state index in [0.29, 0.717) is 24.0 Å². The number of carbonyl (C=O) groups excluding carboxylic acids is 1. The fraction of sp³-hybridized carbons (Fsp3) is 0.600. The summed E-state index contributed by atoms with van der Waals surface area (Å²) in [6.45, 7) is 5.92. The first-order valence-corrected chi connectivity index (χ1v) is 9.91. The Balaban J connectivity index is 1.29. The van der Waals surface area contributed by atoms with Crippen molar-refractivity contribution in [1.82, 2.24) is 25.3 Å². The number of aromatic nitrogens is 4. The lowest BCUT2D eigenvalue weighted by atomic mass is 9.96. The van der Waals surface area contributed by atoms with Gasteiger partial charge in [0.15, 0.2) is 0 Å². The molecule has 144 valence electrons. The second-order valence-electron chi connectivity index (χ2n) is 7.72. The van der Waals surface area contributed by atoms with E-state index < -0.39 is 0 Å². The molecule has 2 aromatic heterocycles. The van der Waals surface area contributed by atoms with Crippen molar-refractivity contribution in [2.24, 2.45) is 5.92 Å². The van der Waals surface area contributed by atoms with Gasteiger partial charge in [0.2, 0.25) is 5.88 Å². The minimum absolute atomic E-state index is 0.0821. The maximum absolute atomic E-state index is 12.7. The van der Waals surface area contributed by atoms with Gasteiger partial charge in [0, 0.05) is 24.8 Å². The molecule has 1 aliphatic carbocycles. The van der Waals surface area contributed by atoms with E-state index in [1.807, 2.05) is 18.7 Å². The highest BCUT2D eigenvalue weighted by molar-refractivity contribution is 5.96. The smallest absolute Gasteiger partial charge is 0.257 e. The summed E-state index contributed by atoms with van der Waals surface area (Å²) in [5.41, 5.74) is 4.75. The van der Waals surface area contributed by atoms with E-state index in [9.17, 15) is 4.79 Å². The van der Waals surface area contributed by atoms with Crippen LogP contribution in [0.1, 0.15) is 58.7 Å². The van der Waals surface area contributed by atoms with Gasteiger partial charge in [0.05, 0.1) is 23.6 Å². The first-order chi connectivity index (χ1) is 13.1. The maximum Gasteiger partial charge on any atom is 0.257 e. The van der Waals surface area contributed by atoms with Crippen molar-refractivity contribution in [3.05, 3.63) is 34.3 Å². The van der Waals surface area contributed by atoms with Crippen LogP contribution in [0.25, 0.3) is 0 Å². The summed E-state index contributed by atoms with van der Waals surface area (Å²) < 4.78 is 5.93. The molecule has 1 amide bonds. The lowest BCUT2D eigenvalue weighted by Crippen LogP contribution is -2.40. The predicted octanol–water partition coefficient (Wildman–Crippen LogP) is 2.63. The molecule has 4 rings (SSSR count). The molecule has 2 aromatic rings. The molecule has 1 fully saturated rings. The number of ether oxygens (including phenoxy) is 1. The van der Waals surface area contributed by atoms with Crippen LogP contribution in [0.2, 0.25) is 0 Å². The van der Waals surface area contributed by atoms with Gasteiger partial charge < -0.3 is 9.64 Å². The number of rotatable bonds is 4. The first kappa shape index (κ1) is 17.9. The standard InChI is InChI=1S/C20H27N5O2/c1-13-19(14(2)22-21-13)20(26)25-9-7-15(8-10-25)12-27-18-11-16-5-3-4-6-17(16)23-24-18/h11,15H,3-10,12H2,1-2H3,(H,21,22). The van der Waals surface area contributed by atoms with Crippen LogP contribution in [0.15, 0.2) is 6.07 Å². The number of nitrogens with one attached hydrogen (secondary N) is 1. The highest BCUT2D eigenvalue weighted by atomic mass is 16.5. The van der Waals surface area contributed by atoms with Crippen molar-refractivity contribution < 1.29 is 9.53 Å². The SMILES string of the molecule is Cc1n[nH]c(C)c1C(=O)N1CCC(COc2cc3c(nn2)CCCC3)CC1. The number of likely N-dealkylation sites (tertiary alicyclic amines) is 1. The van der Waals surface area contributed by atoms with Crippen LogP contribution in [0.5, 0.6) is 5.88 Å². The van der Waals surface area contributed by atoms with Gasteiger partial charge in [-0.3, -0.25) is 9.89 Å². The molecule has 1 N–H and O–H groups in total. The molecule has 0 atom stereocenters. The zero-order chi connectivity index (χ0) is 18.8. The molecular weight excluding hydrogens is 342 g/mol. The number of nitrogens with zero attached hydrogens (tertiary/aromatic N) is 4. The highest BCUT2D eigenvalue weighted by Gasteiger charge is 2.27. The topological polar surface area (TPSA) is 84.0 Å². The Hall–Kier alpha value is -2.44. The van der Waals surface area contributed by atoms with Crippen molar-refractivity contribution in [2.45, 2.75) is 52.4 Å². The van der Waals surface area contributed by atoms with Crippen molar-refractivity contribution in [3.8, 4) is 5.88 Å². The monoisotopic (exact) mass is 369 g/mol. The Kier molecular flexibility index (Phi) is 5.09. The molecule has 0 aromatic carbocycles. The molecule has 0 radical (unpaired) electrons. The van der Waals surface area contributed by atoms with Crippen LogP contribution in [-0.4, -0.2) is 50.9 Å². The van der Waals surface area contributed by atoms with Gasteiger partial charge in [-0.1, -0.05) is 0 Å². The summed E-state index contributed by atoms with van der Waals surface area (Å²) in [6.07, 6.45) is 6.43. The van der Waals surface area contributed by atoms with Crippen LogP contribution in [0.4, 0.5) is 0 Å². The van der Waals surface area contributed by atoms with E-state index in [1.54, 1.807) is 0 Å². The van der Waals surface area contributed by atoms with Crippen molar-refractivity contribution in [3.63, 3.8) is 0 Å². The second-order valence-corrected chi connectivity index (χ2v) is 7.72. The van der Waals surface area contributed by atoms with E-state index in [0.717, 1.165) is 55.9 Å². The zero-order valence-electron chi connectivity index (χ0n) is 16.1. The Morgan fingerprint density at radius 3 is 2.74 bits per heavy atom. The quantitative estimate of drug-likeness (QED) is 0.896. The normalized spacial score (nSPS) is 17.6. The van der Waals surface area contributed by atoms with Gasteiger partial charge in [0.1, 0.15) is 0 Å². The van der Waals surface area contributed by atoms with Gasteiger partial charge in [-0.2, -0.15) is 10.2 Å². The highest BCUT2D eigenvalue weighted by Crippen LogP contribution is 2.24. The van der Waals surface area contributed by atoms with Crippen molar-refractivity contribution in [2.75, 3.05) is 19.7 Å². The van der Waals surface area contributed by atoms with Crippen LogP contribution in [-0.2, 0) is 12.8 Å². The molecule has 0 unspecified atom stereocenters. The molecule has 1 aliphatic heterocycles. The summed E-state index contributed by atoms with van der Waals surface area (Å²) >= 11 is 0. The van der Waals surface area contributed by atoms with E-state index in [1.165, 1.54) is 18.4 Å². The number of aromatic amines is 1. The number of carbonyl (C=O) groups is 1. The Morgan fingerprint density at radius 2 is 2.00 bits per heavy atom. The number of hydrogen-bond acceptors (Lipinski definition) is 5. The van der Waals surface area contributed by atoms with Gasteiger partial charge in [0.25, 0.3) is 5.91 Å². The van der Waals surface area contributed by atoms with E-state index in [4.69, 9.17) is 4.74 Å². The third kappa shape index (κ3) is 3.82. The number of amides is 1. The van der Waals surface area contributed by atoms with Crippen molar-refractivity contribution >= 4 is 5.91 Å². The lowest BCUT2D eigenvalue weighted by Gasteiger charge is -2.32. The lowest BCUT2D eigenvalue weighted by molar-refractivity contribution is 0.0657. The number of piperidine rings is 1. The van der Waals surface area contributed by atoms with Gasteiger partial charge in [-0.15, -0.1) is 5.10 Å². The third-order valence-corrected chi connectivity index (χ3v) is 5.76. The summed E-state index contributed by atoms with van der Waals surface area (Å²) in [5.74, 6) is 1.16. The van der Waals surface area contributed by atoms with Gasteiger partial charge in [-0.05, 0) is 63.9 Å². The van der Waals surface area contributed by atoms with Crippen LogP contribution in [0, 0.1) is 19.8 Å². The Labute approximate surface area is 159 Å². The fourth-order valence-electron chi connectivity index (χ4n) is 4.07. The number of fused-ring (bicyclic) bond motifs is 1. The van der Waals surface area contributed by atoms with Gasteiger partial charge >= 0.3 is 0 Å². The second kappa shape index (κ2) is 7.66. The van der Waals surface area contributed by atoms with E-state index in [2.05, 4.69) is 26.5 Å². The molecule has 2 aliphatic rings. The van der Waals surface area contributed by atoms with Crippen LogP contribution in [0.3, 0.4) is 0 Å². The summed E-state index contributed by atoms with van der Waals surface area (Å²) in [5, 5.41) is 15.6. The molecule has 7 heteroatoms. The molecule has 0 bridgehead atoms. The van der Waals surface area contributed by atoms with E-state index in [-0.39, 0.29) is 5.91 Å². The van der Waals surface area contributed by atoms with E-state index >= 15 is 0 Å². The summed E-state index contributed by atoms with van der Waals surface area (Å²) in [4.78, 5) is 14.7. The first-order valence-electron chi connectivity index (χ1n) is 9.91. The number of H-pyrrole nitrogens is 1.